The zero-order valence-corrected chi connectivity index (χ0v) is 9.00. The zero-order chi connectivity index (χ0) is 10.4. The quantitative estimate of drug-likeness (QED) is 0.615. The van der Waals surface area contributed by atoms with E-state index in [4.69, 9.17) is 0 Å². The highest BCUT2D eigenvalue weighted by Gasteiger charge is 2.10. The summed E-state index contributed by atoms with van der Waals surface area (Å²) < 4.78 is 0. The van der Waals surface area contributed by atoms with Crippen LogP contribution in [-0.2, 0) is 0 Å². The standard InChI is InChI=1S/C13H19N/c1-4-7-12(5-2)13-8-10-14(6-3)11-9-13/h4-5,7-8H,1-2,6,9-11H2,3H3/b12-7+. The largest absolute Gasteiger partial charge is 0.300 e. The summed E-state index contributed by atoms with van der Waals surface area (Å²) in [5.41, 5.74) is 2.63. The third-order valence-corrected chi connectivity index (χ3v) is 2.63. The number of nitrogens with zero attached hydrogens (tertiary/aromatic N) is 1. The predicted molar refractivity (Wildman–Crippen MR) is 63.3 cm³/mol. The molecule has 0 atom stereocenters. The van der Waals surface area contributed by atoms with Gasteiger partial charge in [0, 0.05) is 13.1 Å². The first-order chi connectivity index (χ1) is 6.81. The van der Waals surface area contributed by atoms with E-state index in [1.54, 1.807) is 0 Å². The van der Waals surface area contributed by atoms with Crippen molar-refractivity contribution in [3.05, 3.63) is 48.6 Å². The molecule has 0 N–H and O–H groups in total. The van der Waals surface area contributed by atoms with Gasteiger partial charge in [0.2, 0.25) is 0 Å². The van der Waals surface area contributed by atoms with Gasteiger partial charge in [-0.15, -0.1) is 0 Å². The van der Waals surface area contributed by atoms with Crippen LogP contribution in [0.5, 0.6) is 0 Å². The summed E-state index contributed by atoms with van der Waals surface area (Å²) in [5, 5.41) is 0. The van der Waals surface area contributed by atoms with E-state index >= 15 is 0 Å². The van der Waals surface area contributed by atoms with Crippen molar-refractivity contribution in [2.75, 3.05) is 19.6 Å². The van der Waals surface area contributed by atoms with Gasteiger partial charge >= 0.3 is 0 Å². The van der Waals surface area contributed by atoms with Gasteiger partial charge in [0.05, 0.1) is 0 Å². The van der Waals surface area contributed by atoms with E-state index in [0.717, 1.165) is 26.1 Å². The summed E-state index contributed by atoms with van der Waals surface area (Å²) >= 11 is 0. The molecule has 0 spiro atoms. The van der Waals surface area contributed by atoms with E-state index in [9.17, 15) is 0 Å². The molecule has 0 saturated carbocycles. The van der Waals surface area contributed by atoms with Crippen LogP contribution in [0.25, 0.3) is 0 Å². The van der Waals surface area contributed by atoms with Gasteiger partial charge < -0.3 is 0 Å². The Bertz CT molecular complexity index is 271. The first-order valence-corrected chi connectivity index (χ1v) is 5.18. The molecule has 0 saturated heterocycles. The van der Waals surface area contributed by atoms with E-state index in [1.165, 1.54) is 11.1 Å². The molecule has 14 heavy (non-hydrogen) atoms. The summed E-state index contributed by atoms with van der Waals surface area (Å²) in [6, 6.07) is 0. The topological polar surface area (TPSA) is 3.24 Å². The molecule has 0 aromatic carbocycles. The van der Waals surface area contributed by atoms with Gasteiger partial charge in [-0.05, 0) is 24.1 Å². The molecule has 0 aromatic rings. The number of likely N-dealkylation sites (N-methyl/N-ethyl adjacent to an activating group) is 1. The third-order valence-electron chi connectivity index (χ3n) is 2.63. The lowest BCUT2D eigenvalue weighted by Crippen LogP contribution is -2.28. The molecule has 1 heterocycles. The number of hydrogen-bond donors (Lipinski definition) is 0. The van der Waals surface area contributed by atoms with Gasteiger partial charge in [-0.25, -0.2) is 0 Å². The Hall–Kier alpha value is -1.08. The monoisotopic (exact) mass is 189 g/mol. The molecule has 0 unspecified atom stereocenters. The maximum absolute atomic E-state index is 3.82. The molecule has 1 aliphatic heterocycles. The molecule has 1 heteroatoms. The SMILES string of the molecule is C=C/C=C(\C=C)C1=CCN(CC)CC1. The molecule has 1 rings (SSSR count). The number of allylic oxidation sites excluding steroid dienone is 4. The van der Waals surface area contributed by atoms with Gasteiger partial charge in [0.25, 0.3) is 0 Å². The first-order valence-electron chi connectivity index (χ1n) is 5.18. The average molecular weight is 189 g/mol. The van der Waals surface area contributed by atoms with Crippen LogP contribution in [0.3, 0.4) is 0 Å². The second kappa shape index (κ2) is 5.61. The highest BCUT2D eigenvalue weighted by Crippen LogP contribution is 2.19. The van der Waals surface area contributed by atoms with Crippen LogP contribution in [0.15, 0.2) is 48.6 Å². The molecule has 0 bridgehead atoms. The third kappa shape index (κ3) is 2.71. The van der Waals surface area contributed by atoms with E-state index in [1.807, 2.05) is 18.2 Å². The second-order valence-electron chi connectivity index (χ2n) is 3.43. The summed E-state index contributed by atoms with van der Waals surface area (Å²) in [6.07, 6.45) is 9.18. The second-order valence-corrected chi connectivity index (χ2v) is 3.43. The number of rotatable bonds is 4. The Balaban J connectivity index is 2.70. The van der Waals surface area contributed by atoms with E-state index < -0.39 is 0 Å². The van der Waals surface area contributed by atoms with Crippen LogP contribution < -0.4 is 0 Å². The summed E-state index contributed by atoms with van der Waals surface area (Å²) in [6.45, 7) is 13.1. The van der Waals surface area contributed by atoms with Crippen molar-refractivity contribution in [1.29, 1.82) is 0 Å². The fourth-order valence-corrected chi connectivity index (χ4v) is 1.69. The van der Waals surface area contributed by atoms with Gasteiger partial charge in [-0.1, -0.05) is 44.4 Å². The molecule has 76 valence electrons. The Morgan fingerprint density at radius 1 is 1.57 bits per heavy atom. The molecule has 0 amide bonds. The van der Waals surface area contributed by atoms with Crippen LogP contribution in [0.2, 0.25) is 0 Å². The van der Waals surface area contributed by atoms with E-state index in [-0.39, 0.29) is 0 Å². The summed E-state index contributed by atoms with van der Waals surface area (Å²) in [5.74, 6) is 0. The molecule has 0 aromatic heterocycles. The zero-order valence-electron chi connectivity index (χ0n) is 9.00. The van der Waals surface area contributed by atoms with Crippen molar-refractivity contribution in [1.82, 2.24) is 4.90 Å². The predicted octanol–water partition coefficient (Wildman–Crippen LogP) is 2.94. The van der Waals surface area contributed by atoms with Crippen LogP contribution in [0.1, 0.15) is 13.3 Å². The van der Waals surface area contributed by atoms with Gasteiger partial charge in [-0.3, -0.25) is 4.90 Å². The van der Waals surface area contributed by atoms with Crippen molar-refractivity contribution in [2.45, 2.75) is 13.3 Å². The normalized spacial score (nSPS) is 18.9. The average Bonchev–Trinajstić information content (AvgIpc) is 2.26. The van der Waals surface area contributed by atoms with E-state index in [2.05, 4.69) is 31.1 Å². The van der Waals surface area contributed by atoms with Gasteiger partial charge in [0.15, 0.2) is 0 Å². The molecular formula is C13H19N. The Morgan fingerprint density at radius 2 is 2.36 bits per heavy atom. The van der Waals surface area contributed by atoms with Crippen molar-refractivity contribution in [3.63, 3.8) is 0 Å². The minimum Gasteiger partial charge on any atom is -0.300 e. The van der Waals surface area contributed by atoms with Crippen LogP contribution in [-0.4, -0.2) is 24.5 Å². The Kier molecular flexibility index (Phi) is 4.41. The Morgan fingerprint density at radius 3 is 2.79 bits per heavy atom. The highest BCUT2D eigenvalue weighted by atomic mass is 15.1. The lowest BCUT2D eigenvalue weighted by molar-refractivity contribution is 0.311. The maximum atomic E-state index is 3.82. The van der Waals surface area contributed by atoms with Crippen molar-refractivity contribution in [2.24, 2.45) is 0 Å². The first kappa shape index (κ1) is 11.0. The smallest absolute Gasteiger partial charge is 0.0169 e. The summed E-state index contributed by atoms with van der Waals surface area (Å²) in [7, 11) is 0. The molecule has 0 aliphatic carbocycles. The van der Waals surface area contributed by atoms with Crippen LogP contribution in [0.4, 0.5) is 0 Å². The molecule has 0 fully saturated rings. The number of hydrogen-bond acceptors (Lipinski definition) is 1. The summed E-state index contributed by atoms with van der Waals surface area (Å²) in [4.78, 5) is 2.43. The molecule has 1 nitrogen and oxygen atoms in total. The van der Waals surface area contributed by atoms with Crippen molar-refractivity contribution in [3.8, 4) is 0 Å². The van der Waals surface area contributed by atoms with Crippen molar-refractivity contribution >= 4 is 0 Å². The lowest BCUT2D eigenvalue weighted by atomic mass is 9.99. The Labute approximate surface area is 87.1 Å². The minimum atomic E-state index is 1.06. The minimum absolute atomic E-state index is 1.06. The van der Waals surface area contributed by atoms with Crippen molar-refractivity contribution < 1.29 is 0 Å². The van der Waals surface area contributed by atoms with E-state index in [0.29, 0.717) is 0 Å². The maximum Gasteiger partial charge on any atom is 0.0169 e. The fourth-order valence-electron chi connectivity index (χ4n) is 1.69. The molecule has 0 radical (unpaired) electrons. The highest BCUT2D eigenvalue weighted by molar-refractivity contribution is 5.41. The van der Waals surface area contributed by atoms with Crippen LogP contribution in [0, 0.1) is 0 Å². The fraction of sp³-hybridized carbons (Fsp3) is 0.385. The molecular weight excluding hydrogens is 170 g/mol. The van der Waals surface area contributed by atoms with Crippen LogP contribution >= 0.6 is 0 Å². The van der Waals surface area contributed by atoms with Gasteiger partial charge in [0.1, 0.15) is 0 Å². The lowest BCUT2D eigenvalue weighted by Gasteiger charge is -2.25. The molecule has 1 aliphatic rings. The van der Waals surface area contributed by atoms with Gasteiger partial charge in [-0.2, -0.15) is 0 Å².